The lowest BCUT2D eigenvalue weighted by atomic mass is 10.1. The Balaban J connectivity index is 0.000000307. The van der Waals surface area contributed by atoms with Crippen LogP contribution >= 0.6 is 0 Å². The molecule has 6 heteroatoms. The fourth-order valence-electron chi connectivity index (χ4n) is 1.77. The van der Waals surface area contributed by atoms with Gasteiger partial charge in [-0.2, -0.15) is 10.2 Å². The minimum atomic E-state index is -0.725. The van der Waals surface area contributed by atoms with Gasteiger partial charge < -0.3 is 15.8 Å². The summed E-state index contributed by atoms with van der Waals surface area (Å²) in [6.07, 6.45) is -0.725. The van der Waals surface area contributed by atoms with Crippen LogP contribution in [0.3, 0.4) is 0 Å². The molecule has 0 bridgehead atoms. The summed E-state index contributed by atoms with van der Waals surface area (Å²) in [6.45, 7) is 9.08. The average molecular weight is 330 g/mol. The maximum atomic E-state index is 10.0. The number of aromatic nitrogens is 2. The molecule has 6 nitrogen and oxygen atoms in total. The van der Waals surface area contributed by atoms with Gasteiger partial charge in [-0.3, -0.25) is 0 Å². The van der Waals surface area contributed by atoms with Gasteiger partial charge in [-0.05, 0) is 39.4 Å². The Morgan fingerprint density at radius 1 is 1.12 bits per heavy atom. The zero-order chi connectivity index (χ0) is 18.0. The van der Waals surface area contributed by atoms with E-state index in [9.17, 15) is 4.79 Å². The molecular weight excluding hydrogens is 304 g/mol. The smallest absolute Gasteiger partial charge is 0.405 e. The molecule has 1 heterocycles. The summed E-state index contributed by atoms with van der Waals surface area (Å²) in [5, 5.41) is 11.6. The molecule has 0 fully saturated rings. The zero-order valence-corrected chi connectivity index (χ0v) is 14.7. The molecule has 0 aliphatic carbocycles. The van der Waals surface area contributed by atoms with Crippen LogP contribution in [0.1, 0.15) is 33.4 Å². The normalized spacial score (nSPS) is 10.5. The number of benzene rings is 1. The van der Waals surface area contributed by atoms with Crippen LogP contribution in [-0.4, -0.2) is 28.4 Å². The van der Waals surface area contributed by atoms with Crippen molar-refractivity contribution in [2.24, 2.45) is 5.73 Å². The molecule has 0 atom stereocenters. The number of ether oxygens (including phenoxy) is 1. The van der Waals surface area contributed by atoms with E-state index in [-0.39, 0.29) is 0 Å². The monoisotopic (exact) mass is 330 g/mol. The van der Waals surface area contributed by atoms with Gasteiger partial charge in [0.15, 0.2) is 0 Å². The van der Waals surface area contributed by atoms with E-state index in [1.54, 1.807) is 20.8 Å². The molecule has 0 saturated carbocycles. The van der Waals surface area contributed by atoms with Gasteiger partial charge in [0.25, 0.3) is 0 Å². The number of carbonyl (C=O) groups is 1. The topological polar surface area (TPSA) is 90.1 Å². The number of primary amides is 1. The first-order valence-electron chi connectivity index (χ1n) is 7.89. The van der Waals surface area contributed by atoms with Crippen LogP contribution in [0, 0.1) is 0 Å². The molecule has 1 amide bonds. The number of nitrogens with two attached hydrogens (primary N) is 1. The Hall–Kier alpha value is -2.47. The van der Waals surface area contributed by atoms with Crippen molar-refractivity contribution in [3.05, 3.63) is 48.2 Å². The van der Waals surface area contributed by atoms with E-state index in [4.69, 9.17) is 5.73 Å². The van der Waals surface area contributed by atoms with Crippen molar-refractivity contribution in [3.8, 4) is 11.3 Å². The molecule has 0 unspecified atom stereocenters. The Morgan fingerprint density at radius 3 is 2.21 bits per heavy atom. The fourth-order valence-corrected chi connectivity index (χ4v) is 1.77. The van der Waals surface area contributed by atoms with Crippen molar-refractivity contribution in [2.75, 3.05) is 6.54 Å². The predicted molar refractivity (Wildman–Crippen MR) is 95.3 cm³/mol. The molecule has 3 N–H and O–H groups in total. The summed E-state index contributed by atoms with van der Waals surface area (Å²) in [5.74, 6) is 0. The van der Waals surface area contributed by atoms with Crippen LogP contribution in [-0.2, 0) is 11.3 Å². The highest BCUT2D eigenvalue weighted by molar-refractivity contribution is 5.65. The lowest BCUT2D eigenvalue weighted by Crippen LogP contribution is -2.27. The fraction of sp³-hybridized carbons (Fsp3) is 0.389. The van der Waals surface area contributed by atoms with Crippen molar-refractivity contribution in [3.63, 3.8) is 0 Å². The predicted octanol–water partition coefficient (Wildman–Crippen LogP) is 3.13. The molecule has 1 aromatic heterocycles. The molecule has 0 aliphatic rings. The summed E-state index contributed by atoms with van der Waals surface area (Å²) < 4.78 is 4.58. The van der Waals surface area contributed by atoms with Gasteiger partial charge in [0, 0.05) is 12.1 Å². The molecule has 1 aromatic carbocycles. The van der Waals surface area contributed by atoms with Crippen LogP contribution in [0.5, 0.6) is 0 Å². The number of hydrogen-bond donors (Lipinski definition) is 2. The van der Waals surface area contributed by atoms with E-state index >= 15 is 0 Å². The van der Waals surface area contributed by atoms with E-state index in [0.29, 0.717) is 0 Å². The molecule has 2 aromatic rings. The summed E-state index contributed by atoms with van der Waals surface area (Å²) in [6, 6.07) is 14.1. The van der Waals surface area contributed by atoms with Gasteiger partial charge in [0.05, 0.1) is 11.4 Å². The molecule has 0 saturated heterocycles. The van der Waals surface area contributed by atoms with Crippen molar-refractivity contribution < 1.29 is 9.53 Å². The van der Waals surface area contributed by atoms with Crippen molar-refractivity contribution in [1.82, 2.24) is 15.5 Å². The number of rotatable bonds is 4. The number of carbonyl (C=O) groups excluding carboxylic acids is 1. The average Bonchev–Trinajstić information content (AvgIpc) is 2.52. The summed E-state index contributed by atoms with van der Waals surface area (Å²) >= 11 is 0. The van der Waals surface area contributed by atoms with Gasteiger partial charge in [-0.15, -0.1) is 0 Å². The second kappa shape index (κ2) is 9.62. The highest BCUT2D eigenvalue weighted by Gasteiger charge is 2.12. The van der Waals surface area contributed by atoms with Gasteiger partial charge in [0.1, 0.15) is 5.60 Å². The van der Waals surface area contributed by atoms with Crippen LogP contribution < -0.4 is 11.1 Å². The standard InChI is InChI=1S/C13H15N3.C5H11NO2/c1-2-14-10-12-8-9-13(16-15-12)11-6-4-3-5-7-11;1-5(2,3)8-4(6)7/h3-9,14H,2,10H2,1H3;1-3H3,(H2,6,7). The van der Waals surface area contributed by atoms with Crippen LogP contribution in [0.4, 0.5) is 4.79 Å². The zero-order valence-electron chi connectivity index (χ0n) is 14.7. The van der Waals surface area contributed by atoms with E-state index in [0.717, 1.165) is 30.0 Å². The molecule has 0 spiro atoms. The summed E-state index contributed by atoms with van der Waals surface area (Å²) in [4.78, 5) is 10.0. The first kappa shape index (κ1) is 19.6. The van der Waals surface area contributed by atoms with Gasteiger partial charge in [-0.25, -0.2) is 4.79 Å². The minimum absolute atomic E-state index is 0.453. The largest absolute Gasteiger partial charge is 0.444 e. The lowest BCUT2D eigenvalue weighted by molar-refractivity contribution is 0.0600. The highest BCUT2D eigenvalue weighted by Crippen LogP contribution is 2.14. The number of nitrogens with zero attached hydrogens (tertiary/aromatic N) is 2. The molecular formula is C18H26N4O2. The Kier molecular flexibility index (Phi) is 7.85. The maximum Gasteiger partial charge on any atom is 0.405 e. The van der Waals surface area contributed by atoms with Gasteiger partial charge in [0.2, 0.25) is 0 Å². The third kappa shape index (κ3) is 8.24. The van der Waals surface area contributed by atoms with Crippen molar-refractivity contribution >= 4 is 6.09 Å². The number of hydrogen-bond acceptors (Lipinski definition) is 5. The third-order valence-corrected chi connectivity index (χ3v) is 2.75. The van der Waals surface area contributed by atoms with E-state index in [1.165, 1.54) is 0 Å². The summed E-state index contributed by atoms with van der Waals surface area (Å²) in [5.41, 5.74) is 7.26. The molecule has 0 aliphatic heterocycles. The van der Waals surface area contributed by atoms with Crippen LogP contribution in [0.2, 0.25) is 0 Å². The highest BCUT2D eigenvalue weighted by atomic mass is 16.6. The lowest BCUT2D eigenvalue weighted by Gasteiger charge is -2.16. The van der Waals surface area contributed by atoms with E-state index < -0.39 is 11.7 Å². The molecule has 0 radical (unpaired) electrons. The Bertz CT molecular complexity index is 607. The maximum absolute atomic E-state index is 10.0. The SMILES string of the molecule is CC(C)(C)OC(N)=O.CCNCc1ccc(-c2ccccc2)nn1. The second-order valence-corrected chi connectivity index (χ2v) is 6.09. The third-order valence-electron chi connectivity index (χ3n) is 2.75. The van der Waals surface area contributed by atoms with E-state index in [2.05, 4.69) is 27.2 Å². The Morgan fingerprint density at radius 2 is 1.79 bits per heavy atom. The molecule has 2 rings (SSSR count). The second-order valence-electron chi connectivity index (χ2n) is 6.09. The number of nitrogens with one attached hydrogen (secondary N) is 1. The van der Waals surface area contributed by atoms with Crippen molar-refractivity contribution in [1.29, 1.82) is 0 Å². The minimum Gasteiger partial charge on any atom is -0.444 e. The molecule has 24 heavy (non-hydrogen) atoms. The quantitative estimate of drug-likeness (QED) is 0.899. The van der Waals surface area contributed by atoms with E-state index in [1.807, 2.05) is 42.5 Å². The number of amides is 1. The van der Waals surface area contributed by atoms with Crippen LogP contribution in [0.15, 0.2) is 42.5 Å². The summed E-state index contributed by atoms with van der Waals surface area (Å²) in [7, 11) is 0. The first-order chi connectivity index (χ1) is 11.3. The molecule has 130 valence electrons. The van der Waals surface area contributed by atoms with Gasteiger partial charge >= 0.3 is 6.09 Å². The Labute approximate surface area is 143 Å². The van der Waals surface area contributed by atoms with Gasteiger partial charge in [-0.1, -0.05) is 37.3 Å². The first-order valence-corrected chi connectivity index (χ1v) is 7.89. The van der Waals surface area contributed by atoms with Crippen molar-refractivity contribution in [2.45, 2.75) is 39.8 Å². The van der Waals surface area contributed by atoms with Crippen LogP contribution in [0.25, 0.3) is 11.3 Å².